The average Bonchev–Trinajstić information content (AvgIpc) is 3.27. The lowest BCUT2D eigenvalue weighted by Gasteiger charge is -2.36. The molecular formula is C23H23FN4O3. The standard InChI is InChI=1S/C23H23FN4O3/c1-31-22(29)19(12-15-6-3-2-4-7-15)27-23(30)28-11-10-18-20(26-14-25-18)21(28)16-8-5-9-17(24)13-16/h2-9,13-14,19,21H,10-12H2,1H3,(H,25,26)(H,27,30)/t19-,21-/m0/s1. The number of nitrogens with one attached hydrogen (secondary N) is 2. The molecular weight excluding hydrogens is 399 g/mol. The Morgan fingerprint density at radius 3 is 2.81 bits per heavy atom. The van der Waals surface area contributed by atoms with Crippen molar-refractivity contribution in [3.63, 3.8) is 0 Å². The third-order valence-corrected chi connectivity index (χ3v) is 5.42. The van der Waals surface area contributed by atoms with Crippen molar-refractivity contribution in [3.8, 4) is 0 Å². The molecule has 4 rings (SSSR count). The minimum absolute atomic E-state index is 0.297. The number of rotatable bonds is 5. The Kier molecular flexibility index (Phi) is 5.97. The van der Waals surface area contributed by atoms with Crippen LogP contribution in [0.1, 0.15) is 28.6 Å². The summed E-state index contributed by atoms with van der Waals surface area (Å²) < 4.78 is 18.9. The third-order valence-electron chi connectivity index (χ3n) is 5.42. The van der Waals surface area contributed by atoms with Gasteiger partial charge in [-0.3, -0.25) is 0 Å². The van der Waals surface area contributed by atoms with Gasteiger partial charge in [0.2, 0.25) is 0 Å². The van der Waals surface area contributed by atoms with Crippen molar-refractivity contribution in [1.29, 1.82) is 0 Å². The molecule has 1 aromatic heterocycles. The zero-order valence-corrected chi connectivity index (χ0v) is 17.0. The van der Waals surface area contributed by atoms with Crippen LogP contribution in [0.3, 0.4) is 0 Å². The van der Waals surface area contributed by atoms with Crippen LogP contribution in [-0.4, -0.2) is 46.6 Å². The maximum Gasteiger partial charge on any atom is 0.328 e. The highest BCUT2D eigenvalue weighted by atomic mass is 19.1. The number of amides is 2. The summed E-state index contributed by atoms with van der Waals surface area (Å²) in [5, 5.41) is 2.80. The number of H-pyrrole nitrogens is 1. The van der Waals surface area contributed by atoms with Gasteiger partial charge in [-0.25, -0.2) is 19.0 Å². The molecule has 2 N–H and O–H groups in total. The highest BCUT2D eigenvalue weighted by Crippen LogP contribution is 2.33. The van der Waals surface area contributed by atoms with E-state index in [1.807, 2.05) is 30.3 Å². The van der Waals surface area contributed by atoms with Crippen LogP contribution in [0.25, 0.3) is 0 Å². The number of nitrogens with zero attached hydrogens (tertiary/aromatic N) is 2. The van der Waals surface area contributed by atoms with E-state index in [0.29, 0.717) is 30.6 Å². The summed E-state index contributed by atoms with van der Waals surface area (Å²) in [5.41, 5.74) is 3.09. The summed E-state index contributed by atoms with van der Waals surface area (Å²) >= 11 is 0. The van der Waals surface area contributed by atoms with Gasteiger partial charge < -0.3 is 19.9 Å². The second kappa shape index (κ2) is 8.99. The number of aromatic amines is 1. The van der Waals surface area contributed by atoms with Crippen LogP contribution in [0, 0.1) is 5.82 Å². The van der Waals surface area contributed by atoms with E-state index in [2.05, 4.69) is 15.3 Å². The molecule has 0 saturated carbocycles. The number of carbonyl (C=O) groups is 2. The number of esters is 1. The molecule has 1 aliphatic heterocycles. The molecule has 2 aromatic carbocycles. The fraction of sp³-hybridized carbons (Fsp3) is 0.261. The minimum atomic E-state index is -0.853. The molecule has 31 heavy (non-hydrogen) atoms. The Balaban J connectivity index is 1.61. The first-order valence-electron chi connectivity index (χ1n) is 10.0. The second-order valence-corrected chi connectivity index (χ2v) is 7.38. The Hall–Kier alpha value is -3.68. The first kappa shape index (κ1) is 20.6. The summed E-state index contributed by atoms with van der Waals surface area (Å²) in [7, 11) is 1.29. The number of benzene rings is 2. The van der Waals surface area contributed by atoms with Gasteiger partial charge in [0.05, 0.1) is 19.1 Å². The number of fused-ring (bicyclic) bond motifs is 1. The molecule has 0 aliphatic carbocycles. The van der Waals surface area contributed by atoms with Crippen molar-refractivity contribution in [2.24, 2.45) is 0 Å². The molecule has 1 aliphatic rings. The summed E-state index contributed by atoms with van der Waals surface area (Å²) in [6, 6.07) is 13.7. The molecule has 0 bridgehead atoms. The fourth-order valence-electron chi connectivity index (χ4n) is 3.93. The maximum atomic E-state index is 13.9. The lowest BCUT2D eigenvalue weighted by molar-refractivity contribution is -0.142. The minimum Gasteiger partial charge on any atom is -0.467 e. The highest BCUT2D eigenvalue weighted by molar-refractivity contribution is 5.84. The third kappa shape index (κ3) is 4.42. The molecule has 0 spiro atoms. The highest BCUT2D eigenvalue weighted by Gasteiger charge is 2.36. The van der Waals surface area contributed by atoms with E-state index in [0.717, 1.165) is 11.3 Å². The number of imidazole rings is 1. The van der Waals surface area contributed by atoms with Crippen LogP contribution in [0.2, 0.25) is 0 Å². The largest absolute Gasteiger partial charge is 0.467 e. The number of ether oxygens (including phenoxy) is 1. The maximum absolute atomic E-state index is 13.9. The quantitative estimate of drug-likeness (QED) is 0.619. The average molecular weight is 422 g/mol. The van der Waals surface area contributed by atoms with E-state index in [4.69, 9.17) is 4.74 Å². The Bertz CT molecular complexity index is 1070. The molecule has 2 heterocycles. The number of urea groups is 1. The van der Waals surface area contributed by atoms with E-state index < -0.39 is 29.9 Å². The number of hydrogen-bond acceptors (Lipinski definition) is 4. The fourth-order valence-corrected chi connectivity index (χ4v) is 3.93. The number of halogens is 1. The van der Waals surface area contributed by atoms with Gasteiger partial charge in [-0.05, 0) is 23.3 Å². The van der Waals surface area contributed by atoms with Gasteiger partial charge >= 0.3 is 12.0 Å². The summed E-state index contributed by atoms with van der Waals surface area (Å²) in [6.07, 6.45) is 2.45. The van der Waals surface area contributed by atoms with Gasteiger partial charge in [0, 0.05) is 25.1 Å². The lowest BCUT2D eigenvalue weighted by atomic mass is 9.96. The summed E-state index contributed by atoms with van der Waals surface area (Å²) in [5.74, 6) is -0.922. The predicted molar refractivity (Wildman–Crippen MR) is 112 cm³/mol. The SMILES string of the molecule is COC(=O)[C@H](Cc1ccccc1)NC(=O)N1CCc2[nH]cnc2[C@@H]1c1cccc(F)c1. The monoisotopic (exact) mass is 422 g/mol. The Morgan fingerprint density at radius 1 is 1.26 bits per heavy atom. The number of hydrogen-bond donors (Lipinski definition) is 2. The molecule has 7 nitrogen and oxygen atoms in total. The Morgan fingerprint density at radius 2 is 2.06 bits per heavy atom. The van der Waals surface area contributed by atoms with Gasteiger partial charge in [-0.2, -0.15) is 0 Å². The van der Waals surface area contributed by atoms with Gasteiger partial charge in [0.25, 0.3) is 0 Å². The molecule has 160 valence electrons. The first-order valence-corrected chi connectivity index (χ1v) is 10.0. The number of methoxy groups -OCH3 is 1. The van der Waals surface area contributed by atoms with Crippen molar-refractivity contribution in [2.45, 2.75) is 24.9 Å². The lowest BCUT2D eigenvalue weighted by Crippen LogP contribution is -2.52. The Labute approximate surface area is 179 Å². The van der Waals surface area contributed by atoms with Gasteiger partial charge in [-0.1, -0.05) is 42.5 Å². The van der Waals surface area contributed by atoms with Crippen LogP contribution in [0.4, 0.5) is 9.18 Å². The topological polar surface area (TPSA) is 87.3 Å². The zero-order valence-electron chi connectivity index (χ0n) is 17.0. The van der Waals surface area contributed by atoms with Crippen LogP contribution in [0.5, 0.6) is 0 Å². The zero-order chi connectivity index (χ0) is 21.8. The molecule has 0 radical (unpaired) electrons. The van der Waals surface area contributed by atoms with Crippen LogP contribution < -0.4 is 5.32 Å². The smallest absolute Gasteiger partial charge is 0.328 e. The van der Waals surface area contributed by atoms with Gasteiger partial charge in [-0.15, -0.1) is 0 Å². The second-order valence-electron chi connectivity index (χ2n) is 7.38. The summed E-state index contributed by atoms with van der Waals surface area (Å²) in [6.45, 7) is 0.390. The molecule has 0 unspecified atom stereocenters. The van der Waals surface area contributed by atoms with E-state index in [9.17, 15) is 14.0 Å². The van der Waals surface area contributed by atoms with E-state index >= 15 is 0 Å². The predicted octanol–water partition coefficient (Wildman–Crippen LogP) is 2.99. The normalized spacial score (nSPS) is 16.3. The van der Waals surface area contributed by atoms with Crippen LogP contribution >= 0.6 is 0 Å². The molecule has 0 fully saturated rings. The van der Waals surface area contributed by atoms with E-state index in [-0.39, 0.29) is 0 Å². The van der Waals surface area contributed by atoms with E-state index in [1.165, 1.54) is 19.2 Å². The number of aromatic nitrogens is 2. The van der Waals surface area contributed by atoms with E-state index in [1.54, 1.807) is 23.4 Å². The van der Waals surface area contributed by atoms with Crippen molar-refractivity contribution in [1.82, 2.24) is 20.2 Å². The van der Waals surface area contributed by atoms with Crippen LogP contribution in [0.15, 0.2) is 60.9 Å². The molecule has 2 amide bonds. The molecule has 3 aromatic rings. The molecule has 8 heteroatoms. The number of carbonyl (C=O) groups excluding carboxylic acids is 2. The van der Waals surface area contributed by atoms with Gasteiger partial charge in [0.15, 0.2) is 0 Å². The van der Waals surface area contributed by atoms with Gasteiger partial charge in [0.1, 0.15) is 17.9 Å². The molecule has 0 saturated heterocycles. The van der Waals surface area contributed by atoms with Crippen molar-refractivity contribution in [3.05, 3.63) is 89.3 Å². The van der Waals surface area contributed by atoms with Crippen molar-refractivity contribution in [2.75, 3.05) is 13.7 Å². The van der Waals surface area contributed by atoms with Crippen LogP contribution in [-0.2, 0) is 22.4 Å². The molecule has 2 atom stereocenters. The summed E-state index contributed by atoms with van der Waals surface area (Å²) in [4.78, 5) is 34.7. The van der Waals surface area contributed by atoms with Crippen molar-refractivity contribution < 1.29 is 18.7 Å². The first-order chi connectivity index (χ1) is 15.1. The van der Waals surface area contributed by atoms with Crippen molar-refractivity contribution >= 4 is 12.0 Å².